The number of benzene rings is 1. The Labute approximate surface area is 162 Å². The van der Waals surface area contributed by atoms with Crippen molar-refractivity contribution in [3.63, 3.8) is 0 Å². The van der Waals surface area contributed by atoms with E-state index in [1.165, 1.54) is 14.5 Å². The van der Waals surface area contributed by atoms with Crippen molar-refractivity contribution in [2.24, 2.45) is 0 Å². The third kappa shape index (κ3) is 3.54. The molecule has 3 heterocycles. The normalized spacial score (nSPS) is 19.6. The Bertz CT molecular complexity index is 1050. The van der Waals surface area contributed by atoms with Crippen molar-refractivity contribution in [2.45, 2.75) is 6.92 Å². The quantitative estimate of drug-likeness (QED) is 0.460. The molecule has 0 unspecified atom stereocenters. The number of carbonyl (C=O) groups is 1. The molecular formula is C19H25N7O2+2. The van der Waals surface area contributed by atoms with Crippen molar-refractivity contribution in [3.05, 3.63) is 52.8 Å². The molecule has 0 saturated carbocycles. The average Bonchev–Trinajstić information content (AvgIpc) is 3.11. The van der Waals surface area contributed by atoms with E-state index in [9.17, 15) is 9.59 Å². The summed E-state index contributed by atoms with van der Waals surface area (Å²) >= 11 is 0. The van der Waals surface area contributed by atoms with Gasteiger partial charge in [-0.3, -0.25) is 19.6 Å². The highest BCUT2D eigenvalue weighted by atomic mass is 16.2. The van der Waals surface area contributed by atoms with Crippen LogP contribution in [-0.2, 0) is 4.79 Å². The van der Waals surface area contributed by atoms with Gasteiger partial charge >= 0.3 is 5.56 Å². The standard InChI is InChI=1S/C19H23N7O2/c1-14-21-18-17(20-13-25(18)15-6-4-3-5-7-15)19(28)26(14)22-16(27)12-24-10-8-23(2)9-11-24/h3-7,13H,8-12H2,1-2H3,(H,22,27)/p+2. The first-order valence-electron chi connectivity index (χ1n) is 9.50. The summed E-state index contributed by atoms with van der Waals surface area (Å²) in [6.07, 6.45) is 1.58. The molecule has 9 heteroatoms. The number of imidazole rings is 1. The van der Waals surface area contributed by atoms with Crippen LogP contribution in [0.1, 0.15) is 5.82 Å². The predicted molar refractivity (Wildman–Crippen MR) is 104 cm³/mol. The highest BCUT2D eigenvalue weighted by Crippen LogP contribution is 2.13. The molecule has 1 aromatic carbocycles. The highest BCUT2D eigenvalue weighted by molar-refractivity contribution is 5.85. The van der Waals surface area contributed by atoms with Gasteiger partial charge in [-0.15, -0.1) is 0 Å². The summed E-state index contributed by atoms with van der Waals surface area (Å²) in [5.74, 6) is 0.227. The average molecular weight is 383 g/mol. The molecule has 1 aliphatic rings. The van der Waals surface area contributed by atoms with Crippen LogP contribution < -0.4 is 20.8 Å². The number of likely N-dealkylation sites (N-methyl/N-ethyl adjacent to an activating group) is 1. The van der Waals surface area contributed by atoms with Gasteiger partial charge in [0.05, 0.1) is 7.05 Å². The highest BCUT2D eigenvalue weighted by Gasteiger charge is 2.23. The smallest absolute Gasteiger partial charge is 0.300 e. The first kappa shape index (κ1) is 18.3. The van der Waals surface area contributed by atoms with Crippen molar-refractivity contribution < 1.29 is 14.6 Å². The number of hydrogen-bond acceptors (Lipinski definition) is 4. The number of amides is 1. The minimum Gasteiger partial charge on any atom is -0.328 e. The van der Waals surface area contributed by atoms with Gasteiger partial charge in [0.15, 0.2) is 17.7 Å². The first-order valence-corrected chi connectivity index (χ1v) is 9.50. The van der Waals surface area contributed by atoms with Crippen LogP contribution in [0.25, 0.3) is 16.9 Å². The number of fused-ring (bicyclic) bond motifs is 1. The van der Waals surface area contributed by atoms with E-state index in [0.717, 1.165) is 31.9 Å². The lowest BCUT2D eigenvalue weighted by molar-refractivity contribution is -0.999. The molecular weight excluding hydrogens is 358 g/mol. The lowest BCUT2D eigenvalue weighted by Gasteiger charge is -2.26. The van der Waals surface area contributed by atoms with E-state index in [0.29, 0.717) is 18.0 Å². The lowest BCUT2D eigenvalue weighted by Crippen LogP contribution is -3.27. The number of quaternary nitrogens is 2. The van der Waals surface area contributed by atoms with Gasteiger partial charge in [0.25, 0.3) is 5.91 Å². The molecule has 1 amide bonds. The lowest BCUT2D eigenvalue weighted by atomic mass is 10.3. The zero-order valence-electron chi connectivity index (χ0n) is 16.1. The van der Waals surface area contributed by atoms with Gasteiger partial charge in [0.1, 0.15) is 38.3 Å². The van der Waals surface area contributed by atoms with Crippen molar-refractivity contribution in [3.8, 4) is 5.69 Å². The summed E-state index contributed by atoms with van der Waals surface area (Å²) in [6.45, 7) is 6.04. The van der Waals surface area contributed by atoms with E-state index in [-0.39, 0.29) is 17.0 Å². The maximum absolute atomic E-state index is 12.9. The van der Waals surface area contributed by atoms with Gasteiger partial charge in [0.2, 0.25) is 0 Å². The van der Waals surface area contributed by atoms with Gasteiger partial charge < -0.3 is 9.80 Å². The Morgan fingerprint density at radius 2 is 1.89 bits per heavy atom. The number of para-hydroxylation sites is 1. The second kappa shape index (κ2) is 7.53. The molecule has 9 nitrogen and oxygen atoms in total. The number of piperazine rings is 1. The summed E-state index contributed by atoms with van der Waals surface area (Å²) in [7, 11) is 2.16. The monoisotopic (exact) mass is 383 g/mol. The molecule has 0 bridgehead atoms. The minimum absolute atomic E-state index is 0.191. The maximum Gasteiger partial charge on any atom is 0.300 e. The van der Waals surface area contributed by atoms with Gasteiger partial charge in [-0.25, -0.2) is 14.6 Å². The van der Waals surface area contributed by atoms with E-state index in [1.54, 1.807) is 17.8 Å². The van der Waals surface area contributed by atoms with E-state index in [2.05, 4.69) is 22.4 Å². The minimum atomic E-state index is -0.372. The third-order valence-electron chi connectivity index (χ3n) is 5.23. The number of aromatic nitrogens is 4. The van der Waals surface area contributed by atoms with Gasteiger partial charge in [-0.05, 0) is 19.1 Å². The SMILES string of the molecule is Cc1nc2c(ncn2-c2ccccc2)c(=O)n1NC(=O)C[NH+]1CC[NH+](C)CC1. The summed E-state index contributed by atoms with van der Waals surface area (Å²) in [5, 5.41) is 0. The van der Waals surface area contributed by atoms with Crippen LogP contribution in [0.2, 0.25) is 0 Å². The molecule has 146 valence electrons. The van der Waals surface area contributed by atoms with Crippen LogP contribution in [0.15, 0.2) is 41.5 Å². The summed E-state index contributed by atoms with van der Waals surface area (Å²) in [6, 6.07) is 9.60. The fourth-order valence-electron chi connectivity index (χ4n) is 3.56. The largest absolute Gasteiger partial charge is 0.328 e. The van der Waals surface area contributed by atoms with E-state index in [4.69, 9.17) is 0 Å². The topological polar surface area (TPSA) is 90.7 Å². The van der Waals surface area contributed by atoms with Crippen LogP contribution >= 0.6 is 0 Å². The number of rotatable bonds is 4. The molecule has 3 aromatic rings. The Hall–Kier alpha value is -3.04. The molecule has 0 radical (unpaired) electrons. The molecule has 3 N–H and O–H groups in total. The first-order chi connectivity index (χ1) is 13.5. The van der Waals surface area contributed by atoms with Crippen LogP contribution in [0.3, 0.4) is 0 Å². The molecule has 0 spiro atoms. The van der Waals surface area contributed by atoms with Crippen LogP contribution in [0.4, 0.5) is 0 Å². The van der Waals surface area contributed by atoms with Crippen molar-refractivity contribution in [2.75, 3.05) is 45.2 Å². The Balaban J connectivity index is 1.58. The molecule has 28 heavy (non-hydrogen) atoms. The predicted octanol–water partition coefficient (Wildman–Crippen LogP) is -2.63. The van der Waals surface area contributed by atoms with Crippen LogP contribution in [-0.4, -0.2) is 64.9 Å². The van der Waals surface area contributed by atoms with Crippen LogP contribution in [0.5, 0.6) is 0 Å². The summed E-state index contributed by atoms with van der Waals surface area (Å²) in [5.41, 5.74) is 3.91. The van der Waals surface area contributed by atoms with Crippen molar-refractivity contribution in [1.82, 2.24) is 19.2 Å². The van der Waals surface area contributed by atoms with Gasteiger partial charge in [0, 0.05) is 5.69 Å². The fraction of sp³-hybridized carbons (Fsp3) is 0.368. The number of hydrogen-bond donors (Lipinski definition) is 3. The number of aryl methyl sites for hydroxylation is 1. The molecule has 0 atom stereocenters. The Kier molecular flexibility index (Phi) is 4.93. The Morgan fingerprint density at radius 1 is 1.18 bits per heavy atom. The second-order valence-corrected chi connectivity index (χ2v) is 7.34. The molecule has 0 aliphatic carbocycles. The number of nitrogens with zero attached hydrogens (tertiary/aromatic N) is 4. The second-order valence-electron chi connectivity index (χ2n) is 7.34. The van der Waals surface area contributed by atoms with Gasteiger partial charge in [-0.2, -0.15) is 0 Å². The number of nitrogens with one attached hydrogen (secondary N) is 3. The zero-order chi connectivity index (χ0) is 19.7. The third-order valence-corrected chi connectivity index (χ3v) is 5.23. The van der Waals surface area contributed by atoms with Crippen LogP contribution in [0, 0.1) is 6.92 Å². The fourth-order valence-corrected chi connectivity index (χ4v) is 3.56. The summed E-state index contributed by atoms with van der Waals surface area (Å²) < 4.78 is 2.97. The van der Waals surface area contributed by atoms with E-state index in [1.807, 2.05) is 30.3 Å². The molecule has 1 fully saturated rings. The number of carbonyl (C=O) groups excluding carboxylic acids is 1. The summed E-state index contributed by atoms with van der Waals surface area (Å²) in [4.78, 5) is 36.8. The van der Waals surface area contributed by atoms with Crippen molar-refractivity contribution >= 4 is 17.1 Å². The zero-order valence-corrected chi connectivity index (χ0v) is 16.1. The maximum atomic E-state index is 12.9. The van der Waals surface area contributed by atoms with Crippen molar-refractivity contribution in [1.29, 1.82) is 0 Å². The molecule has 4 rings (SSSR count). The molecule has 2 aromatic heterocycles. The Morgan fingerprint density at radius 3 is 2.61 bits per heavy atom. The van der Waals surface area contributed by atoms with E-state index < -0.39 is 0 Å². The molecule has 1 saturated heterocycles. The van der Waals surface area contributed by atoms with Gasteiger partial charge in [-0.1, -0.05) is 18.2 Å². The van der Waals surface area contributed by atoms with E-state index >= 15 is 0 Å². The molecule has 1 aliphatic heterocycles.